The Morgan fingerprint density at radius 3 is 1.67 bits per heavy atom. The van der Waals surface area contributed by atoms with E-state index in [2.05, 4.69) is 20.8 Å². The number of anilines is 2. The van der Waals surface area contributed by atoms with Gasteiger partial charge in [-0.1, -0.05) is 24.3 Å². The third-order valence-corrected chi connectivity index (χ3v) is 10.1. The molecule has 6 N–H and O–H groups in total. The molecule has 1 aliphatic heterocycles. The zero-order valence-corrected chi connectivity index (χ0v) is 31.6. The second kappa shape index (κ2) is 15.3. The molecule has 0 atom stereocenters. The largest absolute Gasteiger partial charge is 0.454 e. The number of hydrogen-bond acceptors (Lipinski definition) is 10. The summed E-state index contributed by atoms with van der Waals surface area (Å²) in [6, 6.07) is 21.8. The summed E-state index contributed by atoms with van der Waals surface area (Å²) in [5.41, 5.74) is 17.2. The first-order valence-corrected chi connectivity index (χ1v) is 18.7. The molecule has 3 aliphatic rings. The number of aryl methyl sites for hydroxylation is 2. The van der Waals surface area contributed by atoms with E-state index in [9.17, 15) is 23.6 Å². The second-order valence-electron chi connectivity index (χ2n) is 14.4. The zero-order chi connectivity index (χ0) is 40.7. The minimum Gasteiger partial charge on any atom is -0.454 e. The van der Waals surface area contributed by atoms with Crippen LogP contribution in [0.25, 0.3) is 11.4 Å². The maximum Gasteiger partial charge on any atom is 0.251 e. The standard InChI is InChI=1S/C22H20N4O4.C21H19FN4O2/c1-12-2-3-14(22(28)25-15-5-6-15)8-17(12)26-21(23)16(10-24-26)20(27)13-4-7-18-19(9-13)30-11-29-18;1-12-6-7-13(21(28)25-14-8-9-14)10-18(12)26-20(23)16(11-24-26)19(27)15-4-2-3-5-17(15)22/h2-4,7-10,15H,5-6,11,23H2,1H3,(H,25,28);2-7,10-11,14H,8-9,23H2,1H3,(H,25,28). The van der Waals surface area contributed by atoms with Crippen molar-refractivity contribution in [3.05, 3.63) is 142 Å². The molecule has 0 radical (unpaired) electrons. The molecule has 2 fully saturated rings. The molecule has 0 saturated heterocycles. The Kier molecular flexibility index (Phi) is 9.95. The number of nitrogens with one attached hydrogen (secondary N) is 2. The topological polar surface area (TPSA) is 198 Å². The molecular formula is C43H39FN8O6. The Hall–Kier alpha value is -7.29. The number of amides is 2. The number of benzene rings is 4. The molecule has 2 aromatic heterocycles. The van der Waals surface area contributed by atoms with Crippen molar-refractivity contribution in [3.63, 3.8) is 0 Å². The summed E-state index contributed by atoms with van der Waals surface area (Å²) in [5.74, 6) is -0.270. The molecule has 58 heavy (non-hydrogen) atoms. The number of carbonyl (C=O) groups is 4. The fourth-order valence-electron chi connectivity index (χ4n) is 6.38. The summed E-state index contributed by atoms with van der Waals surface area (Å²) < 4.78 is 27.5. The van der Waals surface area contributed by atoms with Crippen LogP contribution in [0.4, 0.5) is 16.0 Å². The van der Waals surface area contributed by atoms with Crippen LogP contribution in [0.2, 0.25) is 0 Å². The van der Waals surface area contributed by atoms with Crippen LogP contribution < -0.4 is 31.6 Å². The van der Waals surface area contributed by atoms with Crippen molar-refractivity contribution in [3.8, 4) is 22.9 Å². The normalized spacial score (nSPS) is 14.0. The highest BCUT2D eigenvalue weighted by Gasteiger charge is 2.27. The number of nitrogens with zero attached hydrogens (tertiary/aromatic N) is 4. The van der Waals surface area contributed by atoms with Gasteiger partial charge in [0.2, 0.25) is 12.6 Å². The number of rotatable bonds is 10. The second-order valence-corrected chi connectivity index (χ2v) is 14.4. The maximum absolute atomic E-state index is 14.0. The lowest BCUT2D eigenvalue weighted by Gasteiger charge is -2.11. The molecule has 14 nitrogen and oxygen atoms in total. The quantitative estimate of drug-likeness (QED) is 0.126. The number of ether oxygens (including phenoxy) is 2. The number of nitrogens with two attached hydrogens (primary N) is 2. The van der Waals surface area contributed by atoms with Crippen LogP contribution in [0.1, 0.15) is 89.4 Å². The summed E-state index contributed by atoms with van der Waals surface area (Å²) >= 11 is 0. The fraction of sp³-hybridized carbons (Fsp3) is 0.209. The Labute approximate surface area is 331 Å². The van der Waals surface area contributed by atoms with Crippen LogP contribution in [-0.2, 0) is 0 Å². The smallest absolute Gasteiger partial charge is 0.251 e. The van der Waals surface area contributed by atoms with E-state index in [4.69, 9.17) is 20.9 Å². The number of hydrogen-bond donors (Lipinski definition) is 4. The minimum atomic E-state index is -0.616. The summed E-state index contributed by atoms with van der Waals surface area (Å²) in [7, 11) is 0. The number of ketones is 2. The first-order chi connectivity index (χ1) is 28.0. The third kappa shape index (κ3) is 7.61. The molecule has 6 aromatic rings. The van der Waals surface area contributed by atoms with Crippen LogP contribution in [0.3, 0.4) is 0 Å². The van der Waals surface area contributed by atoms with Crippen molar-refractivity contribution < 1.29 is 33.0 Å². The lowest BCUT2D eigenvalue weighted by Crippen LogP contribution is -2.25. The van der Waals surface area contributed by atoms with Gasteiger partial charge < -0.3 is 31.6 Å². The minimum absolute atomic E-state index is 0.0666. The highest BCUT2D eigenvalue weighted by molar-refractivity contribution is 6.12. The van der Waals surface area contributed by atoms with Gasteiger partial charge in [0.25, 0.3) is 11.8 Å². The highest BCUT2D eigenvalue weighted by atomic mass is 19.1. The molecule has 15 heteroatoms. The molecule has 2 saturated carbocycles. The first-order valence-electron chi connectivity index (χ1n) is 18.7. The number of carbonyl (C=O) groups excluding carboxylic acids is 4. The van der Waals surface area contributed by atoms with Gasteiger partial charge in [-0.3, -0.25) is 19.2 Å². The molecule has 3 heterocycles. The van der Waals surface area contributed by atoms with Crippen LogP contribution >= 0.6 is 0 Å². The van der Waals surface area contributed by atoms with Gasteiger partial charge in [0.1, 0.15) is 17.5 Å². The average Bonchev–Trinajstić information content (AvgIpc) is 4.09. The van der Waals surface area contributed by atoms with Gasteiger partial charge in [0, 0.05) is 28.8 Å². The summed E-state index contributed by atoms with van der Waals surface area (Å²) in [5, 5.41) is 14.4. The van der Waals surface area contributed by atoms with E-state index >= 15 is 0 Å². The van der Waals surface area contributed by atoms with Crippen molar-refractivity contribution in [1.29, 1.82) is 0 Å². The van der Waals surface area contributed by atoms with Crippen LogP contribution in [0, 0.1) is 19.7 Å². The van der Waals surface area contributed by atoms with Gasteiger partial charge >= 0.3 is 0 Å². The van der Waals surface area contributed by atoms with Crippen LogP contribution in [0.5, 0.6) is 11.5 Å². The highest BCUT2D eigenvalue weighted by Crippen LogP contribution is 2.34. The number of halogens is 1. The molecule has 4 aromatic carbocycles. The summed E-state index contributed by atoms with van der Waals surface area (Å²) in [6.45, 7) is 3.90. The SMILES string of the molecule is Cc1ccc(C(=O)NC2CC2)cc1-n1ncc(C(=O)c2ccc3c(c2)OCO3)c1N.Cc1ccc(C(=O)NC2CC2)cc1-n1ncc(C(=O)c2ccccc2F)c1N. The van der Waals surface area contributed by atoms with Gasteiger partial charge in [-0.15, -0.1) is 0 Å². The van der Waals surface area contributed by atoms with E-state index in [0.29, 0.717) is 39.6 Å². The zero-order valence-electron chi connectivity index (χ0n) is 31.6. The van der Waals surface area contributed by atoms with Crippen molar-refractivity contribution in [2.75, 3.05) is 18.3 Å². The summed E-state index contributed by atoms with van der Waals surface area (Å²) in [4.78, 5) is 50.5. The van der Waals surface area contributed by atoms with Gasteiger partial charge in [0.15, 0.2) is 17.3 Å². The average molecular weight is 783 g/mol. The Morgan fingerprint density at radius 1 is 0.638 bits per heavy atom. The maximum atomic E-state index is 14.0. The number of nitrogen functional groups attached to an aromatic ring is 2. The molecule has 2 amide bonds. The van der Waals surface area contributed by atoms with E-state index < -0.39 is 11.6 Å². The third-order valence-electron chi connectivity index (χ3n) is 10.1. The van der Waals surface area contributed by atoms with Gasteiger partial charge in [-0.25, -0.2) is 13.8 Å². The van der Waals surface area contributed by atoms with E-state index in [-0.39, 0.29) is 64.8 Å². The van der Waals surface area contributed by atoms with Crippen molar-refractivity contribution in [2.24, 2.45) is 0 Å². The number of fused-ring (bicyclic) bond motifs is 1. The molecule has 9 rings (SSSR count). The van der Waals surface area contributed by atoms with Crippen molar-refractivity contribution >= 4 is 35.0 Å². The molecule has 2 aliphatic carbocycles. The molecule has 294 valence electrons. The fourth-order valence-corrected chi connectivity index (χ4v) is 6.38. The van der Waals surface area contributed by atoms with E-state index in [1.165, 1.54) is 40.0 Å². The lowest BCUT2D eigenvalue weighted by atomic mass is 10.0. The summed E-state index contributed by atoms with van der Waals surface area (Å²) in [6.07, 6.45) is 6.79. The van der Waals surface area contributed by atoms with Gasteiger partial charge in [-0.2, -0.15) is 10.2 Å². The van der Waals surface area contributed by atoms with E-state index in [1.54, 1.807) is 54.6 Å². The Bertz CT molecular complexity index is 2630. The van der Waals surface area contributed by atoms with E-state index in [0.717, 1.165) is 36.8 Å². The molecule has 0 unspecified atom stereocenters. The van der Waals surface area contributed by atoms with Crippen LogP contribution in [-0.4, -0.2) is 61.8 Å². The van der Waals surface area contributed by atoms with Crippen molar-refractivity contribution in [1.82, 2.24) is 30.2 Å². The molecule has 0 spiro atoms. The van der Waals surface area contributed by atoms with E-state index in [1.807, 2.05) is 19.9 Å². The monoisotopic (exact) mass is 782 g/mol. The molecular weight excluding hydrogens is 744 g/mol. The van der Waals surface area contributed by atoms with Crippen molar-refractivity contribution in [2.45, 2.75) is 51.6 Å². The number of aromatic nitrogens is 4. The first kappa shape index (κ1) is 37.6. The lowest BCUT2D eigenvalue weighted by molar-refractivity contribution is 0.0942. The Balaban J connectivity index is 0.000000162. The van der Waals surface area contributed by atoms with Crippen LogP contribution in [0.15, 0.2) is 91.3 Å². The molecule has 0 bridgehead atoms. The predicted molar refractivity (Wildman–Crippen MR) is 212 cm³/mol. The van der Waals surface area contributed by atoms with Gasteiger partial charge in [-0.05, 0) is 105 Å². The van der Waals surface area contributed by atoms with Gasteiger partial charge in [0.05, 0.1) is 40.5 Å². The Morgan fingerprint density at radius 2 is 1.14 bits per heavy atom. The predicted octanol–water partition coefficient (Wildman–Crippen LogP) is 5.64.